The van der Waals surface area contributed by atoms with Crippen molar-refractivity contribution in [3.05, 3.63) is 23.3 Å². The first-order valence-electron chi connectivity index (χ1n) is 5.61. The van der Waals surface area contributed by atoms with Gasteiger partial charge in [-0.2, -0.15) is 0 Å². The fourth-order valence-electron chi connectivity index (χ4n) is 1.76. The summed E-state index contributed by atoms with van der Waals surface area (Å²) in [5.74, 6) is 1.87. The summed E-state index contributed by atoms with van der Waals surface area (Å²) in [6.45, 7) is 3.13. The SMILES string of the molecule is COCc1cc(OC)c(C(C)CN)cc1OC. The molecule has 96 valence electrons. The first-order valence-corrected chi connectivity index (χ1v) is 5.61. The maximum Gasteiger partial charge on any atom is 0.124 e. The molecule has 4 nitrogen and oxygen atoms in total. The van der Waals surface area contributed by atoms with Crippen molar-refractivity contribution in [1.29, 1.82) is 0 Å². The molecule has 1 rings (SSSR count). The van der Waals surface area contributed by atoms with Crippen LogP contribution in [0.25, 0.3) is 0 Å². The molecule has 1 unspecified atom stereocenters. The van der Waals surface area contributed by atoms with Crippen LogP contribution in [0.3, 0.4) is 0 Å². The molecule has 0 saturated carbocycles. The molecule has 0 radical (unpaired) electrons. The summed E-state index contributed by atoms with van der Waals surface area (Å²) in [4.78, 5) is 0. The van der Waals surface area contributed by atoms with Crippen molar-refractivity contribution in [3.8, 4) is 11.5 Å². The topological polar surface area (TPSA) is 53.7 Å². The van der Waals surface area contributed by atoms with E-state index in [1.807, 2.05) is 12.1 Å². The minimum absolute atomic E-state index is 0.232. The van der Waals surface area contributed by atoms with Crippen LogP contribution in [0.4, 0.5) is 0 Å². The van der Waals surface area contributed by atoms with Crippen LogP contribution < -0.4 is 15.2 Å². The number of ether oxygens (including phenoxy) is 3. The van der Waals surface area contributed by atoms with E-state index in [9.17, 15) is 0 Å². The lowest BCUT2D eigenvalue weighted by Crippen LogP contribution is -2.11. The highest BCUT2D eigenvalue weighted by Gasteiger charge is 2.15. The fourth-order valence-corrected chi connectivity index (χ4v) is 1.76. The molecule has 0 aliphatic rings. The van der Waals surface area contributed by atoms with Gasteiger partial charge in [-0.05, 0) is 24.6 Å². The Morgan fingerprint density at radius 3 is 2.24 bits per heavy atom. The van der Waals surface area contributed by atoms with E-state index in [0.717, 1.165) is 22.6 Å². The second kappa shape index (κ2) is 6.47. The standard InChI is InChI=1S/C13H21NO3/c1-9(7-14)11-6-12(16-3)10(8-15-2)5-13(11)17-4/h5-6,9H,7-8,14H2,1-4H3. The Morgan fingerprint density at radius 2 is 1.76 bits per heavy atom. The molecule has 0 bridgehead atoms. The van der Waals surface area contributed by atoms with Crippen LogP contribution in [-0.4, -0.2) is 27.9 Å². The summed E-state index contributed by atoms with van der Waals surface area (Å²) in [6, 6.07) is 3.93. The molecule has 0 heterocycles. The van der Waals surface area contributed by atoms with Crippen molar-refractivity contribution in [2.24, 2.45) is 5.73 Å². The molecule has 0 amide bonds. The van der Waals surface area contributed by atoms with E-state index < -0.39 is 0 Å². The van der Waals surface area contributed by atoms with Gasteiger partial charge in [0, 0.05) is 18.2 Å². The van der Waals surface area contributed by atoms with Crippen LogP contribution in [0, 0.1) is 0 Å². The molecule has 0 aliphatic carbocycles. The molecule has 0 spiro atoms. The third-order valence-electron chi connectivity index (χ3n) is 2.82. The number of hydrogen-bond donors (Lipinski definition) is 1. The molecular weight excluding hydrogens is 218 g/mol. The maximum absolute atomic E-state index is 5.69. The summed E-state index contributed by atoms with van der Waals surface area (Å²) >= 11 is 0. The smallest absolute Gasteiger partial charge is 0.124 e. The lowest BCUT2D eigenvalue weighted by molar-refractivity contribution is 0.181. The zero-order chi connectivity index (χ0) is 12.8. The largest absolute Gasteiger partial charge is 0.496 e. The zero-order valence-electron chi connectivity index (χ0n) is 10.9. The number of benzene rings is 1. The minimum Gasteiger partial charge on any atom is -0.496 e. The lowest BCUT2D eigenvalue weighted by Gasteiger charge is -2.18. The van der Waals surface area contributed by atoms with E-state index in [0.29, 0.717) is 13.2 Å². The van der Waals surface area contributed by atoms with Crippen LogP contribution in [0.1, 0.15) is 24.0 Å². The third-order valence-corrected chi connectivity index (χ3v) is 2.82. The summed E-state index contributed by atoms with van der Waals surface area (Å²) < 4.78 is 15.9. The van der Waals surface area contributed by atoms with E-state index in [4.69, 9.17) is 19.9 Å². The molecule has 2 N–H and O–H groups in total. The van der Waals surface area contributed by atoms with Crippen molar-refractivity contribution in [2.75, 3.05) is 27.9 Å². The number of hydrogen-bond acceptors (Lipinski definition) is 4. The van der Waals surface area contributed by atoms with Crippen molar-refractivity contribution in [3.63, 3.8) is 0 Å². The Balaban J connectivity index is 3.22. The predicted octanol–water partition coefficient (Wildman–Crippen LogP) is 1.91. The van der Waals surface area contributed by atoms with E-state index in [-0.39, 0.29) is 5.92 Å². The van der Waals surface area contributed by atoms with E-state index >= 15 is 0 Å². The molecule has 4 heteroatoms. The van der Waals surface area contributed by atoms with Crippen LogP contribution in [-0.2, 0) is 11.3 Å². The first-order chi connectivity index (χ1) is 8.17. The summed E-state index contributed by atoms with van der Waals surface area (Å²) in [6.07, 6.45) is 0. The lowest BCUT2D eigenvalue weighted by atomic mass is 9.98. The van der Waals surface area contributed by atoms with Crippen LogP contribution >= 0.6 is 0 Å². The van der Waals surface area contributed by atoms with Gasteiger partial charge in [0.05, 0.1) is 20.8 Å². The van der Waals surface area contributed by atoms with E-state index in [1.54, 1.807) is 21.3 Å². The Morgan fingerprint density at radius 1 is 1.12 bits per heavy atom. The maximum atomic E-state index is 5.69. The molecule has 1 aromatic rings. The van der Waals surface area contributed by atoms with Crippen LogP contribution in [0.2, 0.25) is 0 Å². The highest BCUT2D eigenvalue weighted by molar-refractivity contribution is 5.47. The van der Waals surface area contributed by atoms with Gasteiger partial charge in [0.2, 0.25) is 0 Å². The Kier molecular flexibility index (Phi) is 5.25. The van der Waals surface area contributed by atoms with Crippen molar-refractivity contribution < 1.29 is 14.2 Å². The molecule has 17 heavy (non-hydrogen) atoms. The first kappa shape index (κ1) is 13.8. The third kappa shape index (κ3) is 3.11. The Hall–Kier alpha value is -1.26. The average Bonchev–Trinajstić information content (AvgIpc) is 2.37. The summed E-state index contributed by atoms with van der Waals surface area (Å²) in [5, 5.41) is 0. The average molecular weight is 239 g/mol. The van der Waals surface area contributed by atoms with Gasteiger partial charge >= 0.3 is 0 Å². The van der Waals surface area contributed by atoms with Gasteiger partial charge in [0.15, 0.2) is 0 Å². The van der Waals surface area contributed by atoms with Gasteiger partial charge in [0.25, 0.3) is 0 Å². The number of methoxy groups -OCH3 is 3. The predicted molar refractivity (Wildman–Crippen MR) is 67.7 cm³/mol. The van der Waals surface area contributed by atoms with Gasteiger partial charge in [0.1, 0.15) is 11.5 Å². The number of rotatable bonds is 6. The molecule has 1 atom stereocenters. The van der Waals surface area contributed by atoms with Gasteiger partial charge in [-0.15, -0.1) is 0 Å². The second-order valence-electron chi connectivity index (χ2n) is 3.98. The molecule has 0 saturated heterocycles. The minimum atomic E-state index is 0.232. The quantitative estimate of drug-likeness (QED) is 0.824. The summed E-state index contributed by atoms with van der Waals surface area (Å²) in [5.41, 5.74) is 7.73. The molecule has 0 fully saturated rings. The van der Waals surface area contributed by atoms with Crippen LogP contribution in [0.15, 0.2) is 12.1 Å². The molecule has 1 aromatic carbocycles. The normalized spacial score (nSPS) is 12.3. The van der Waals surface area contributed by atoms with E-state index in [1.165, 1.54) is 0 Å². The highest BCUT2D eigenvalue weighted by atomic mass is 16.5. The van der Waals surface area contributed by atoms with E-state index in [2.05, 4.69) is 6.92 Å². The Labute approximate surface area is 103 Å². The second-order valence-corrected chi connectivity index (χ2v) is 3.98. The highest BCUT2D eigenvalue weighted by Crippen LogP contribution is 2.33. The molecular formula is C13H21NO3. The fraction of sp³-hybridized carbons (Fsp3) is 0.538. The number of nitrogens with two attached hydrogens (primary N) is 1. The van der Waals surface area contributed by atoms with Crippen molar-refractivity contribution in [2.45, 2.75) is 19.4 Å². The molecule has 0 aromatic heterocycles. The molecule has 0 aliphatic heterocycles. The van der Waals surface area contributed by atoms with Gasteiger partial charge in [-0.25, -0.2) is 0 Å². The zero-order valence-corrected chi connectivity index (χ0v) is 10.9. The van der Waals surface area contributed by atoms with Gasteiger partial charge in [-0.3, -0.25) is 0 Å². The Bertz CT molecular complexity index is 366. The van der Waals surface area contributed by atoms with Crippen LogP contribution in [0.5, 0.6) is 11.5 Å². The van der Waals surface area contributed by atoms with Gasteiger partial charge in [-0.1, -0.05) is 6.92 Å². The summed E-state index contributed by atoms with van der Waals surface area (Å²) in [7, 11) is 4.96. The van der Waals surface area contributed by atoms with Crippen molar-refractivity contribution >= 4 is 0 Å². The van der Waals surface area contributed by atoms with Crippen molar-refractivity contribution in [1.82, 2.24) is 0 Å². The van der Waals surface area contributed by atoms with Gasteiger partial charge < -0.3 is 19.9 Å². The monoisotopic (exact) mass is 239 g/mol.